The maximum Gasteiger partial charge on any atom is 0.222 e. The SMILES string of the molecule is Oc1nc(CCl)nc2cc(-c3ncccc3Cl)ccc12. The van der Waals surface area contributed by atoms with Gasteiger partial charge in [-0.05, 0) is 24.3 Å². The second kappa shape index (κ2) is 5.23. The molecule has 0 unspecified atom stereocenters. The van der Waals surface area contributed by atoms with Crippen molar-refractivity contribution < 1.29 is 5.11 Å². The highest BCUT2D eigenvalue weighted by Gasteiger charge is 2.10. The Bertz CT molecular complexity index is 792. The van der Waals surface area contributed by atoms with Crippen LogP contribution in [0.2, 0.25) is 5.02 Å². The molecule has 3 rings (SSSR count). The Hall–Kier alpha value is -1.91. The van der Waals surface area contributed by atoms with Gasteiger partial charge in [0, 0.05) is 11.8 Å². The Labute approximate surface area is 125 Å². The van der Waals surface area contributed by atoms with Crippen LogP contribution in [0.3, 0.4) is 0 Å². The summed E-state index contributed by atoms with van der Waals surface area (Å²) in [5, 5.41) is 11.0. The molecule has 0 bridgehead atoms. The fourth-order valence-corrected chi connectivity index (χ4v) is 2.32. The van der Waals surface area contributed by atoms with Crippen LogP contribution in [0.15, 0.2) is 36.5 Å². The van der Waals surface area contributed by atoms with Crippen LogP contribution in [-0.4, -0.2) is 20.1 Å². The first-order chi connectivity index (χ1) is 9.69. The smallest absolute Gasteiger partial charge is 0.222 e. The number of aromatic hydroxyl groups is 1. The lowest BCUT2D eigenvalue weighted by Crippen LogP contribution is -1.93. The lowest BCUT2D eigenvalue weighted by molar-refractivity contribution is 0.457. The van der Waals surface area contributed by atoms with Gasteiger partial charge in [-0.2, -0.15) is 4.98 Å². The standard InChI is InChI=1S/C14H9Cl2N3O/c15-7-12-18-11-6-8(3-4-9(11)14(20)19-12)13-10(16)2-1-5-17-13/h1-6H,7H2,(H,18,19,20). The van der Waals surface area contributed by atoms with Gasteiger partial charge in [0.2, 0.25) is 5.88 Å². The summed E-state index contributed by atoms with van der Waals surface area (Å²) in [7, 11) is 0. The van der Waals surface area contributed by atoms with Crippen molar-refractivity contribution in [3.8, 4) is 17.1 Å². The molecule has 0 saturated heterocycles. The number of hydrogen-bond acceptors (Lipinski definition) is 4. The van der Waals surface area contributed by atoms with Crippen molar-refractivity contribution in [3.63, 3.8) is 0 Å². The highest BCUT2D eigenvalue weighted by molar-refractivity contribution is 6.33. The number of benzene rings is 1. The molecule has 2 aromatic heterocycles. The molecule has 2 heterocycles. The van der Waals surface area contributed by atoms with E-state index in [9.17, 15) is 5.11 Å². The maximum absolute atomic E-state index is 9.85. The van der Waals surface area contributed by atoms with Crippen LogP contribution in [-0.2, 0) is 5.88 Å². The minimum Gasteiger partial charge on any atom is -0.493 e. The zero-order valence-electron chi connectivity index (χ0n) is 10.2. The van der Waals surface area contributed by atoms with Crippen molar-refractivity contribution >= 4 is 34.1 Å². The summed E-state index contributed by atoms with van der Waals surface area (Å²) in [6, 6.07) is 8.91. The monoisotopic (exact) mass is 305 g/mol. The largest absolute Gasteiger partial charge is 0.493 e. The first-order valence-electron chi connectivity index (χ1n) is 5.85. The number of aromatic nitrogens is 3. The summed E-state index contributed by atoms with van der Waals surface area (Å²) < 4.78 is 0. The molecular weight excluding hydrogens is 297 g/mol. The first kappa shape index (κ1) is 13.1. The Kier molecular flexibility index (Phi) is 3.42. The fraction of sp³-hybridized carbons (Fsp3) is 0.0714. The molecule has 0 aliphatic carbocycles. The van der Waals surface area contributed by atoms with E-state index in [0.29, 0.717) is 27.4 Å². The van der Waals surface area contributed by atoms with Gasteiger partial charge in [-0.25, -0.2) is 4.98 Å². The topological polar surface area (TPSA) is 58.9 Å². The van der Waals surface area contributed by atoms with Crippen molar-refractivity contribution in [3.05, 3.63) is 47.4 Å². The van der Waals surface area contributed by atoms with Gasteiger partial charge in [0.05, 0.1) is 27.5 Å². The third-order valence-corrected chi connectivity index (χ3v) is 3.42. The Balaban J connectivity index is 2.22. The molecule has 0 aliphatic heterocycles. The molecule has 0 saturated carbocycles. The summed E-state index contributed by atoms with van der Waals surface area (Å²) in [5.74, 6) is 0.434. The number of halogens is 2. The molecule has 0 aliphatic rings. The normalized spacial score (nSPS) is 10.9. The molecule has 0 atom stereocenters. The average Bonchev–Trinajstić information content (AvgIpc) is 2.47. The van der Waals surface area contributed by atoms with Crippen molar-refractivity contribution in [1.82, 2.24) is 15.0 Å². The second-order valence-electron chi connectivity index (χ2n) is 4.16. The van der Waals surface area contributed by atoms with Crippen LogP contribution in [0.25, 0.3) is 22.2 Å². The fourth-order valence-electron chi connectivity index (χ4n) is 1.96. The third kappa shape index (κ3) is 2.28. The molecule has 1 aromatic carbocycles. The highest BCUT2D eigenvalue weighted by Crippen LogP contribution is 2.30. The second-order valence-corrected chi connectivity index (χ2v) is 4.84. The number of hydrogen-bond donors (Lipinski definition) is 1. The minimum absolute atomic E-state index is 0.0793. The van der Waals surface area contributed by atoms with E-state index in [1.165, 1.54) is 0 Å². The van der Waals surface area contributed by atoms with Gasteiger partial charge in [0.25, 0.3) is 0 Å². The van der Waals surface area contributed by atoms with Gasteiger partial charge < -0.3 is 5.11 Å². The van der Waals surface area contributed by atoms with Gasteiger partial charge in [0.1, 0.15) is 5.82 Å². The maximum atomic E-state index is 9.85. The van der Waals surface area contributed by atoms with Crippen LogP contribution in [0, 0.1) is 0 Å². The van der Waals surface area contributed by atoms with E-state index in [2.05, 4.69) is 15.0 Å². The van der Waals surface area contributed by atoms with Crippen LogP contribution >= 0.6 is 23.2 Å². The number of pyridine rings is 1. The molecule has 4 nitrogen and oxygen atoms in total. The summed E-state index contributed by atoms with van der Waals surface area (Å²) in [6.45, 7) is 0. The minimum atomic E-state index is -0.0793. The van der Waals surface area contributed by atoms with Crippen LogP contribution in [0.1, 0.15) is 5.82 Å². The quantitative estimate of drug-likeness (QED) is 0.732. The summed E-state index contributed by atoms with van der Waals surface area (Å²) in [5.41, 5.74) is 2.09. The van der Waals surface area contributed by atoms with Gasteiger partial charge >= 0.3 is 0 Å². The molecule has 0 spiro atoms. The van der Waals surface area contributed by atoms with Crippen molar-refractivity contribution in [1.29, 1.82) is 0 Å². The van der Waals surface area contributed by atoms with E-state index >= 15 is 0 Å². The molecule has 0 amide bonds. The molecule has 3 aromatic rings. The van der Waals surface area contributed by atoms with Crippen LogP contribution in [0.5, 0.6) is 5.88 Å². The summed E-state index contributed by atoms with van der Waals surface area (Å²) in [6.07, 6.45) is 1.67. The molecular formula is C14H9Cl2N3O. The van der Waals surface area contributed by atoms with E-state index in [0.717, 1.165) is 5.56 Å². The van der Waals surface area contributed by atoms with Crippen LogP contribution < -0.4 is 0 Å². The lowest BCUT2D eigenvalue weighted by Gasteiger charge is -2.06. The molecule has 6 heteroatoms. The van der Waals surface area contributed by atoms with E-state index < -0.39 is 0 Å². The summed E-state index contributed by atoms with van der Waals surface area (Å²) in [4.78, 5) is 12.5. The molecule has 1 N–H and O–H groups in total. The Morgan fingerprint density at radius 2 is 2.00 bits per heavy atom. The van der Waals surface area contributed by atoms with Crippen molar-refractivity contribution in [2.45, 2.75) is 5.88 Å². The molecule has 20 heavy (non-hydrogen) atoms. The first-order valence-corrected chi connectivity index (χ1v) is 6.77. The van der Waals surface area contributed by atoms with Gasteiger partial charge in [-0.3, -0.25) is 4.98 Å². The zero-order valence-corrected chi connectivity index (χ0v) is 11.7. The zero-order chi connectivity index (χ0) is 14.1. The third-order valence-electron chi connectivity index (χ3n) is 2.87. The number of rotatable bonds is 2. The average molecular weight is 306 g/mol. The van der Waals surface area contributed by atoms with E-state index in [1.807, 2.05) is 6.07 Å². The predicted octanol–water partition coefficient (Wildman–Crippen LogP) is 3.79. The van der Waals surface area contributed by atoms with Gasteiger partial charge in [0.15, 0.2) is 0 Å². The molecule has 0 radical (unpaired) electrons. The van der Waals surface area contributed by atoms with Crippen molar-refractivity contribution in [2.75, 3.05) is 0 Å². The Morgan fingerprint density at radius 1 is 1.15 bits per heavy atom. The molecule has 100 valence electrons. The van der Waals surface area contributed by atoms with Crippen LogP contribution in [0.4, 0.5) is 0 Å². The lowest BCUT2D eigenvalue weighted by atomic mass is 10.1. The van der Waals surface area contributed by atoms with Gasteiger partial charge in [-0.15, -0.1) is 11.6 Å². The summed E-state index contributed by atoms with van der Waals surface area (Å²) >= 11 is 11.8. The number of nitrogens with zero attached hydrogens (tertiary/aromatic N) is 3. The highest BCUT2D eigenvalue weighted by atomic mass is 35.5. The van der Waals surface area contributed by atoms with Gasteiger partial charge in [-0.1, -0.05) is 17.7 Å². The van der Waals surface area contributed by atoms with Crippen molar-refractivity contribution in [2.24, 2.45) is 0 Å². The number of alkyl halides is 1. The molecule has 0 fully saturated rings. The van der Waals surface area contributed by atoms with E-state index in [4.69, 9.17) is 23.2 Å². The van der Waals surface area contributed by atoms with E-state index in [1.54, 1.807) is 30.5 Å². The van der Waals surface area contributed by atoms with E-state index in [-0.39, 0.29) is 11.8 Å². The number of fused-ring (bicyclic) bond motifs is 1. The predicted molar refractivity (Wildman–Crippen MR) is 79.0 cm³/mol. The Morgan fingerprint density at radius 3 is 2.75 bits per heavy atom.